The average Bonchev–Trinajstić information content (AvgIpc) is 2.80. The summed E-state index contributed by atoms with van der Waals surface area (Å²) in [4.78, 5) is 6.90. The highest BCUT2D eigenvalue weighted by atomic mass is 32.1. The van der Waals surface area contributed by atoms with Crippen molar-refractivity contribution in [1.82, 2.24) is 15.2 Å². The summed E-state index contributed by atoms with van der Waals surface area (Å²) in [6, 6.07) is 0.703. The maximum Gasteiger partial charge on any atom is 0.0794 e. The average molecular weight is 239 g/mol. The van der Waals surface area contributed by atoms with E-state index in [4.69, 9.17) is 0 Å². The van der Waals surface area contributed by atoms with Gasteiger partial charge in [-0.15, -0.1) is 11.3 Å². The minimum Gasteiger partial charge on any atom is -0.313 e. The largest absolute Gasteiger partial charge is 0.313 e. The van der Waals surface area contributed by atoms with E-state index in [0.29, 0.717) is 6.04 Å². The van der Waals surface area contributed by atoms with Crippen molar-refractivity contribution in [2.24, 2.45) is 0 Å². The molecule has 1 aromatic rings. The number of nitrogens with one attached hydrogen (secondary N) is 1. The second-order valence-electron chi connectivity index (χ2n) is 4.43. The third-order valence-corrected chi connectivity index (χ3v) is 3.80. The molecule has 0 bridgehead atoms. The number of nitrogens with zero attached hydrogens (tertiary/aromatic N) is 2. The Kier molecular flexibility index (Phi) is 4.75. The predicted octanol–water partition coefficient (Wildman–Crippen LogP) is 1.76. The summed E-state index contributed by atoms with van der Waals surface area (Å²) in [5, 5.41) is 5.71. The minimum atomic E-state index is 0.703. The minimum absolute atomic E-state index is 0.703. The van der Waals surface area contributed by atoms with E-state index < -0.39 is 0 Å². The highest BCUT2D eigenvalue weighted by molar-refractivity contribution is 7.07. The lowest BCUT2D eigenvalue weighted by Crippen LogP contribution is -2.46. The zero-order valence-electron chi connectivity index (χ0n) is 9.98. The molecule has 2 rings (SSSR count). The molecule has 90 valence electrons. The van der Waals surface area contributed by atoms with E-state index >= 15 is 0 Å². The fraction of sp³-hybridized carbons (Fsp3) is 0.750. The van der Waals surface area contributed by atoms with Crippen molar-refractivity contribution in [3.63, 3.8) is 0 Å². The van der Waals surface area contributed by atoms with Crippen LogP contribution < -0.4 is 5.32 Å². The van der Waals surface area contributed by atoms with Crippen molar-refractivity contribution in [3.8, 4) is 0 Å². The molecule has 1 atom stereocenters. The van der Waals surface area contributed by atoms with E-state index in [1.165, 1.54) is 31.6 Å². The fourth-order valence-electron chi connectivity index (χ4n) is 2.35. The van der Waals surface area contributed by atoms with E-state index in [1.54, 1.807) is 11.3 Å². The molecule has 1 unspecified atom stereocenters. The van der Waals surface area contributed by atoms with Gasteiger partial charge in [-0.1, -0.05) is 6.92 Å². The fourth-order valence-corrected chi connectivity index (χ4v) is 2.94. The number of rotatable bonds is 5. The van der Waals surface area contributed by atoms with Gasteiger partial charge in [-0.2, -0.15) is 0 Å². The maximum atomic E-state index is 4.33. The highest BCUT2D eigenvalue weighted by Gasteiger charge is 2.18. The highest BCUT2D eigenvalue weighted by Crippen LogP contribution is 2.11. The molecule has 0 amide bonds. The van der Waals surface area contributed by atoms with Crippen molar-refractivity contribution < 1.29 is 0 Å². The Morgan fingerprint density at radius 2 is 2.56 bits per heavy atom. The van der Waals surface area contributed by atoms with E-state index in [0.717, 1.165) is 19.5 Å². The summed E-state index contributed by atoms with van der Waals surface area (Å²) >= 11 is 1.69. The van der Waals surface area contributed by atoms with Gasteiger partial charge >= 0.3 is 0 Å². The maximum absolute atomic E-state index is 4.33. The second kappa shape index (κ2) is 6.33. The van der Waals surface area contributed by atoms with Crippen LogP contribution in [-0.4, -0.2) is 42.1 Å². The molecule has 1 N–H and O–H groups in total. The predicted molar refractivity (Wildman–Crippen MR) is 69.0 cm³/mol. The molecule has 0 radical (unpaired) electrons. The van der Waals surface area contributed by atoms with Crippen LogP contribution in [0.1, 0.15) is 25.5 Å². The smallest absolute Gasteiger partial charge is 0.0794 e. The monoisotopic (exact) mass is 239 g/mol. The Morgan fingerprint density at radius 3 is 3.31 bits per heavy atom. The van der Waals surface area contributed by atoms with E-state index in [9.17, 15) is 0 Å². The Morgan fingerprint density at radius 1 is 1.62 bits per heavy atom. The molecule has 1 aromatic heterocycles. The number of likely N-dealkylation sites (N-methyl/N-ethyl adjacent to an activating group) is 1. The zero-order valence-corrected chi connectivity index (χ0v) is 10.8. The lowest BCUT2D eigenvalue weighted by molar-refractivity contribution is 0.193. The summed E-state index contributed by atoms with van der Waals surface area (Å²) in [5.74, 6) is 0. The molecule has 1 aliphatic rings. The molecule has 0 saturated carbocycles. The number of hydrogen-bond acceptors (Lipinski definition) is 4. The number of likely N-dealkylation sites (tertiary alicyclic amines) is 1. The van der Waals surface area contributed by atoms with E-state index in [1.807, 2.05) is 5.51 Å². The summed E-state index contributed by atoms with van der Waals surface area (Å²) in [6.07, 6.45) is 3.76. The lowest BCUT2D eigenvalue weighted by atomic mass is 10.1. The van der Waals surface area contributed by atoms with Gasteiger partial charge in [0.15, 0.2) is 0 Å². The van der Waals surface area contributed by atoms with Crippen molar-refractivity contribution in [3.05, 3.63) is 16.6 Å². The first-order valence-corrected chi connectivity index (χ1v) is 7.15. The van der Waals surface area contributed by atoms with Gasteiger partial charge in [0.1, 0.15) is 0 Å². The Balaban J connectivity index is 1.72. The lowest BCUT2D eigenvalue weighted by Gasteiger charge is -2.32. The van der Waals surface area contributed by atoms with Crippen molar-refractivity contribution in [1.29, 1.82) is 0 Å². The van der Waals surface area contributed by atoms with Crippen LogP contribution in [0.3, 0.4) is 0 Å². The van der Waals surface area contributed by atoms with Crippen LogP contribution >= 0.6 is 11.3 Å². The number of hydrogen-bond donors (Lipinski definition) is 1. The summed E-state index contributed by atoms with van der Waals surface area (Å²) in [5.41, 5.74) is 3.17. The van der Waals surface area contributed by atoms with Gasteiger partial charge < -0.3 is 10.2 Å². The van der Waals surface area contributed by atoms with Gasteiger partial charge in [0.05, 0.1) is 11.2 Å². The molecule has 16 heavy (non-hydrogen) atoms. The summed E-state index contributed by atoms with van der Waals surface area (Å²) in [7, 11) is 0. The Bertz CT molecular complexity index is 284. The number of piperidine rings is 1. The molecule has 1 fully saturated rings. The third kappa shape index (κ3) is 3.54. The Labute approximate surface area is 102 Å². The topological polar surface area (TPSA) is 28.2 Å². The SMILES string of the molecule is CCNC1CCCN(CCc2cscn2)C1. The van der Waals surface area contributed by atoms with Crippen LogP contribution in [0.15, 0.2) is 10.9 Å². The van der Waals surface area contributed by atoms with Crippen molar-refractivity contribution in [2.75, 3.05) is 26.2 Å². The van der Waals surface area contributed by atoms with E-state index in [2.05, 4.69) is 27.5 Å². The van der Waals surface area contributed by atoms with Gasteiger partial charge in [-0.05, 0) is 25.9 Å². The Hall–Kier alpha value is -0.450. The van der Waals surface area contributed by atoms with Crippen molar-refractivity contribution >= 4 is 11.3 Å². The molecular weight excluding hydrogens is 218 g/mol. The van der Waals surface area contributed by atoms with Gasteiger partial charge in [-0.25, -0.2) is 4.98 Å². The van der Waals surface area contributed by atoms with Gasteiger partial charge in [0.2, 0.25) is 0 Å². The molecule has 0 spiro atoms. The molecule has 0 aromatic carbocycles. The first-order chi connectivity index (χ1) is 7.88. The summed E-state index contributed by atoms with van der Waals surface area (Å²) < 4.78 is 0. The zero-order chi connectivity index (χ0) is 11.2. The standard InChI is InChI=1S/C12H21N3S/c1-2-13-11-4-3-6-15(8-11)7-5-12-9-16-10-14-12/h9-11,13H,2-8H2,1H3. The quantitative estimate of drug-likeness (QED) is 0.848. The first kappa shape index (κ1) is 12.0. The van der Waals surface area contributed by atoms with Gasteiger partial charge in [-0.3, -0.25) is 0 Å². The van der Waals surface area contributed by atoms with Crippen LogP contribution in [0, 0.1) is 0 Å². The molecular formula is C12H21N3S. The van der Waals surface area contributed by atoms with Crippen LogP contribution in [-0.2, 0) is 6.42 Å². The first-order valence-electron chi connectivity index (χ1n) is 6.21. The third-order valence-electron chi connectivity index (χ3n) is 3.17. The molecule has 0 aliphatic carbocycles. The number of aromatic nitrogens is 1. The van der Waals surface area contributed by atoms with Crippen LogP contribution in [0.5, 0.6) is 0 Å². The molecule has 4 heteroatoms. The molecule has 1 aliphatic heterocycles. The second-order valence-corrected chi connectivity index (χ2v) is 5.15. The summed E-state index contributed by atoms with van der Waals surface area (Å²) in [6.45, 7) is 6.90. The molecule has 3 nitrogen and oxygen atoms in total. The van der Waals surface area contributed by atoms with E-state index in [-0.39, 0.29) is 0 Å². The van der Waals surface area contributed by atoms with Gasteiger partial charge in [0, 0.05) is 30.9 Å². The molecule has 2 heterocycles. The van der Waals surface area contributed by atoms with Crippen LogP contribution in [0.2, 0.25) is 0 Å². The number of thiazole rings is 1. The van der Waals surface area contributed by atoms with Crippen LogP contribution in [0.4, 0.5) is 0 Å². The van der Waals surface area contributed by atoms with Gasteiger partial charge in [0.25, 0.3) is 0 Å². The normalized spacial score (nSPS) is 22.4. The molecule has 1 saturated heterocycles. The van der Waals surface area contributed by atoms with Crippen LogP contribution in [0.25, 0.3) is 0 Å². The van der Waals surface area contributed by atoms with Crippen molar-refractivity contribution in [2.45, 2.75) is 32.2 Å².